The summed E-state index contributed by atoms with van der Waals surface area (Å²) >= 11 is 1.53. The summed E-state index contributed by atoms with van der Waals surface area (Å²) in [4.78, 5) is 23.6. The molecule has 1 atom stereocenters. The lowest BCUT2D eigenvalue weighted by atomic mass is 9.99. The fourth-order valence-electron chi connectivity index (χ4n) is 2.26. The third kappa shape index (κ3) is 2.16. The standard InChI is InChI=1S/C14H13NO4S/c16-12(15-14(13(17)18)5-6-20-8-14)11-7-9-3-1-2-4-10(9)19-11/h1-4,7H,5-6,8H2,(H,15,16)(H,17,18)/t14-/m1/s1. The number of carbonyl (C=O) groups is 2. The molecule has 1 aliphatic heterocycles. The number of furan rings is 1. The van der Waals surface area contributed by atoms with Gasteiger partial charge >= 0.3 is 5.97 Å². The zero-order valence-corrected chi connectivity index (χ0v) is 11.4. The molecule has 3 rings (SSSR count). The molecule has 1 aliphatic rings. The smallest absolute Gasteiger partial charge is 0.330 e. The average Bonchev–Trinajstić information content (AvgIpc) is 3.05. The molecule has 0 unspecified atom stereocenters. The fraction of sp³-hybridized carbons (Fsp3) is 0.286. The first-order valence-corrected chi connectivity index (χ1v) is 7.38. The Balaban J connectivity index is 1.87. The van der Waals surface area contributed by atoms with Crippen molar-refractivity contribution in [1.29, 1.82) is 0 Å². The molecule has 6 heteroatoms. The third-order valence-electron chi connectivity index (χ3n) is 3.43. The lowest BCUT2D eigenvalue weighted by Crippen LogP contribution is -2.54. The Labute approximate surface area is 119 Å². The summed E-state index contributed by atoms with van der Waals surface area (Å²) in [7, 11) is 0. The maximum atomic E-state index is 12.2. The number of fused-ring (bicyclic) bond motifs is 1. The molecule has 0 bridgehead atoms. The number of aliphatic carboxylic acids is 1. The van der Waals surface area contributed by atoms with Crippen LogP contribution in [0.3, 0.4) is 0 Å². The van der Waals surface area contributed by atoms with Gasteiger partial charge in [0.25, 0.3) is 5.91 Å². The average molecular weight is 291 g/mol. The Kier molecular flexibility index (Phi) is 3.17. The molecule has 0 spiro atoms. The molecular formula is C14H13NO4S. The van der Waals surface area contributed by atoms with Crippen LogP contribution in [0.5, 0.6) is 0 Å². The van der Waals surface area contributed by atoms with E-state index in [4.69, 9.17) is 4.42 Å². The van der Waals surface area contributed by atoms with Crippen molar-refractivity contribution in [3.05, 3.63) is 36.1 Å². The number of benzene rings is 1. The monoisotopic (exact) mass is 291 g/mol. The maximum absolute atomic E-state index is 12.2. The predicted molar refractivity (Wildman–Crippen MR) is 76.0 cm³/mol. The summed E-state index contributed by atoms with van der Waals surface area (Å²) in [6.07, 6.45) is 0.430. The molecule has 2 aromatic rings. The lowest BCUT2D eigenvalue weighted by molar-refractivity contribution is -0.143. The molecule has 1 fully saturated rings. The number of hydrogen-bond acceptors (Lipinski definition) is 4. The Morgan fingerprint density at radius 3 is 2.80 bits per heavy atom. The highest BCUT2D eigenvalue weighted by Gasteiger charge is 2.43. The number of carboxylic acid groups (broad SMARTS) is 1. The van der Waals surface area contributed by atoms with Gasteiger partial charge in [-0.1, -0.05) is 18.2 Å². The van der Waals surface area contributed by atoms with Crippen molar-refractivity contribution in [2.45, 2.75) is 12.0 Å². The van der Waals surface area contributed by atoms with Crippen molar-refractivity contribution in [3.8, 4) is 0 Å². The van der Waals surface area contributed by atoms with E-state index in [9.17, 15) is 14.7 Å². The topological polar surface area (TPSA) is 79.5 Å². The van der Waals surface area contributed by atoms with Gasteiger partial charge in [0.05, 0.1) is 0 Å². The Bertz CT molecular complexity index is 640. The summed E-state index contributed by atoms with van der Waals surface area (Å²) < 4.78 is 5.45. The van der Waals surface area contributed by atoms with E-state index in [0.717, 1.165) is 11.1 Å². The highest BCUT2D eigenvalue weighted by atomic mass is 32.2. The van der Waals surface area contributed by atoms with Crippen LogP contribution in [-0.4, -0.2) is 34.0 Å². The van der Waals surface area contributed by atoms with Gasteiger partial charge in [0.15, 0.2) is 5.76 Å². The number of carbonyl (C=O) groups excluding carboxylic acids is 1. The van der Waals surface area contributed by atoms with E-state index in [1.165, 1.54) is 11.8 Å². The number of carboxylic acids is 1. The van der Waals surface area contributed by atoms with Crippen LogP contribution in [0.25, 0.3) is 11.0 Å². The third-order valence-corrected chi connectivity index (χ3v) is 4.62. The van der Waals surface area contributed by atoms with Crippen LogP contribution in [0.4, 0.5) is 0 Å². The quantitative estimate of drug-likeness (QED) is 0.905. The number of nitrogens with one attached hydrogen (secondary N) is 1. The van der Waals surface area contributed by atoms with Gasteiger partial charge in [-0.05, 0) is 24.3 Å². The second-order valence-electron chi connectivity index (χ2n) is 4.79. The van der Waals surface area contributed by atoms with Crippen molar-refractivity contribution in [3.63, 3.8) is 0 Å². The minimum atomic E-state index is -1.18. The van der Waals surface area contributed by atoms with Gasteiger partial charge in [0.1, 0.15) is 11.1 Å². The van der Waals surface area contributed by atoms with Gasteiger partial charge < -0.3 is 14.8 Å². The van der Waals surface area contributed by atoms with Gasteiger partial charge in [-0.2, -0.15) is 11.8 Å². The number of amides is 1. The number of thioether (sulfide) groups is 1. The zero-order chi connectivity index (χ0) is 14.2. The van der Waals surface area contributed by atoms with Crippen molar-refractivity contribution in [2.24, 2.45) is 0 Å². The molecule has 5 nitrogen and oxygen atoms in total. The van der Waals surface area contributed by atoms with Gasteiger partial charge in [-0.15, -0.1) is 0 Å². The van der Waals surface area contributed by atoms with E-state index in [-0.39, 0.29) is 5.76 Å². The molecule has 1 amide bonds. The molecule has 1 aromatic carbocycles. The van der Waals surface area contributed by atoms with Gasteiger partial charge in [0, 0.05) is 11.1 Å². The Morgan fingerprint density at radius 2 is 2.15 bits per heavy atom. The van der Waals surface area contributed by atoms with E-state index in [2.05, 4.69) is 5.32 Å². The summed E-state index contributed by atoms with van der Waals surface area (Å²) in [6, 6.07) is 8.91. The highest BCUT2D eigenvalue weighted by Crippen LogP contribution is 2.29. The molecule has 20 heavy (non-hydrogen) atoms. The van der Waals surface area contributed by atoms with Crippen LogP contribution in [0.2, 0.25) is 0 Å². The second kappa shape index (κ2) is 4.86. The van der Waals surface area contributed by atoms with Crippen molar-refractivity contribution >= 4 is 34.6 Å². The summed E-state index contributed by atoms with van der Waals surface area (Å²) in [5, 5.41) is 12.8. The van der Waals surface area contributed by atoms with Crippen LogP contribution in [0.15, 0.2) is 34.7 Å². The molecule has 2 heterocycles. The first-order valence-electron chi connectivity index (χ1n) is 6.23. The summed E-state index contributed by atoms with van der Waals surface area (Å²) in [5.41, 5.74) is -0.566. The SMILES string of the molecule is O=C(N[C@]1(C(=O)O)CCSC1)c1cc2ccccc2o1. The summed E-state index contributed by atoms with van der Waals surface area (Å²) in [5.74, 6) is -0.220. The maximum Gasteiger partial charge on any atom is 0.330 e. The highest BCUT2D eigenvalue weighted by molar-refractivity contribution is 7.99. The molecular weight excluding hydrogens is 278 g/mol. The number of para-hydroxylation sites is 1. The number of rotatable bonds is 3. The minimum absolute atomic E-state index is 0.142. The number of hydrogen-bond donors (Lipinski definition) is 2. The zero-order valence-electron chi connectivity index (χ0n) is 10.6. The summed E-state index contributed by atoms with van der Waals surface area (Å²) in [6.45, 7) is 0. The van der Waals surface area contributed by atoms with Gasteiger partial charge in [-0.3, -0.25) is 4.79 Å². The molecule has 1 saturated heterocycles. The van der Waals surface area contributed by atoms with Crippen LogP contribution < -0.4 is 5.32 Å². The lowest BCUT2D eigenvalue weighted by Gasteiger charge is -2.23. The van der Waals surface area contributed by atoms with Gasteiger partial charge in [-0.25, -0.2) is 4.79 Å². The van der Waals surface area contributed by atoms with E-state index in [1.54, 1.807) is 12.1 Å². The molecule has 0 radical (unpaired) electrons. The Hall–Kier alpha value is -1.95. The van der Waals surface area contributed by atoms with Crippen LogP contribution in [0.1, 0.15) is 17.0 Å². The minimum Gasteiger partial charge on any atom is -0.479 e. The van der Waals surface area contributed by atoms with E-state index in [1.807, 2.05) is 18.2 Å². The second-order valence-corrected chi connectivity index (χ2v) is 5.90. The van der Waals surface area contributed by atoms with Crippen LogP contribution in [0, 0.1) is 0 Å². The molecule has 0 saturated carbocycles. The van der Waals surface area contributed by atoms with Crippen LogP contribution >= 0.6 is 11.8 Å². The van der Waals surface area contributed by atoms with Crippen LogP contribution in [-0.2, 0) is 4.79 Å². The predicted octanol–water partition coefficient (Wildman–Crippen LogP) is 2.12. The largest absolute Gasteiger partial charge is 0.479 e. The molecule has 0 aliphatic carbocycles. The molecule has 1 aromatic heterocycles. The molecule has 104 valence electrons. The van der Waals surface area contributed by atoms with Crippen molar-refractivity contribution < 1.29 is 19.1 Å². The van der Waals surface area contributed by atoms with Gasteiger partial charge in [0.2, 0.25) is 0 Å². The normalized spacial score (nSPS) is 22.0. The Morgan fingerprint density at radius 1 is 1.35 bits per heavy atom. The van der Waals surface area contributed by atoms with E-state index >= 15 is 0 Å². The van der Waals surface area contributed by atoms with E-state index in [0.29, 0.717) is 17.8 Å². The van der Waals surface area contributed by atoms with Crippen molar-refractivity contribution in [2.75, 3.05) is 11.5 Å². The first kappa shape index (κ1) is 13.1. The fourth-order valence-corrected chi connectivity index (χ4v) is 3.58. The van der Waals surface area contributed by atoms with E-state index < -0.39 is 17.4 Å². The van der Waals surface area contributed by atoms with Crippen molar-refractivity contribution in [1.82, 2.24) is 5.32 Å². The first-order chi connectivity index (χ1) is 9.61. The molecule has 2 N–H and O–H groups in total.